The predicted molar refractivity (Wildman–Crippen MR) is 91.3 cm³/mol. The van der Waals surface area contributed by atoms with E-state index in [0.29, 0.717) is 28.6 Å². The summed E-state index contributed by atoms with van der Waals surface area (Å²) in [5.41, 5.74) is 0.789. The Bertz CT molecular complexity index is 785. The van der Waals surface area contributed by atoms with Gasteiger partial charge in [0.1, 0.15) is 5.82 Å². The lowest BCUT2D eigenvalue weighted by molar-refractivity contribution is -0.121. The SMILES string of the molecule is Cc1nc(SCCNC(=O)CCN2C(=O)c3ccccc3C2=O)n[nH]1. The Hall–Kier alpha value is -2.68. The van der Waals surface area contributed by atoms with Crippen molar-refractivity contribution in [2.45, 2.75) is 18.5 Å². The van der Waals surface area contributed by atoms with Crippen LogP contribution in [-0.2, 0) is 4.79 Å². The fourth-order valence-electron chi connectivity index (χ4n) is 2.46. The molecule has 0 spiro atoms. The van der Waals surface area contributed by atoms with Gasteiger partial charge in [0, 0.05) is 25.3 Å². The number of thioether (sulfide) groups is 1. The number of aryl methyl sites for hydroxylation is 1. The van der Waals surface area contributed by atoms with Gasteiger partial charge in [0.2, 0.25) is 11.1 Å². The number of benzene rings is 1. The van der Waals surface area contributed by atoms with Crippen LogP contribution < -0.4 is 5.32 Å². The number of hydrogen-bond acceptors (Lipinski definition) is 6. The van der Waals surface area contributed by atoms with Gasteiger partial charge in [-0.2, -0.15) is 0 Å². The number of nitrogens with one attached hydrogen (secondary N) is 2. The second-order valence-corrected chi connectivity index (χ2v) is 6.52. The maximum Gasteiger partial charge on any atom is 0.261 e. The second-order valence-electron chi connectivity index (χ2n) is 5.46. The van der Waals surface area contributed by atoms with Crippen LogP contribution in [0, 0.1) is 6.92 Å². The third kappa shape index (κ3) is 3.87. The van der Waals surface area contributed by atoms with Gasteiger partial charge in [0.25, 0.3) is 11.8 Å². The van der Waals surface area contributed by atoms with Gasteiger partial charge in [0.05, 0.1) is 11.1 Å². The molecule has 2 N–H and O–H groups in total. The van der Waals surface area contributed by atoms with Crippen molar-refractivity contribution in [2.75, 3.05) is 18.8 Å². The van der Waals surface area contributed by atoms with Crippen LogP contribution >= 0.6 is 11.8 Å². The van der Waals surface area contributed by atoms with Gasteiger partial charge in [-0.3, -0.25) is 24.4 Å². The number of carbonyl (C=O) groups is 3. The maximum atomic E-state index is 12.2. The van der Waals surface area contributed by atoms with E-state index < -0.39 is 0 Å². The second kappa shape index (κ2) is 7.47. The summed E-state index contributed by atoms with van der Waals surface area (Å²) in [4.78, 5) is 41.6. The van der Waals surface area contributed by atoms with Gasteiger partial charge in [-0.1, -0.05) is 23.9 Å². The fourth-order valence-corrected chi connectivity index (χ4v) is 3.16. The van der Waals surface area contributed by atoms with Gasteiger partial charge < -0.3 is 5.32 Å². The Balaban J connectivity index is 1.41. The molecule has 1 aromatic heterocycles. The van der Waals surface area contributed by atoms with Crippen LogP contribution in [0.4, 0.5) is 0 Å². The summed E-state index contributed by atoms with van der Waals surface area (Å²) in [5, 5.41) is 10.1. The lowest BCUT2D eigenvalue weighted by Gasteiger charge is -2.13. The standard InChI is InChI=1S/C16H17N5O3S/c1-10-18-16(20-19-10)25-9-7-17-13(22)6-8-21-14(23)11-4-2-3-5-12(11)15(21)24/h2-5H,6-9H2,1H3,(H,17,22)(H,18,19,20). The van der Waals surface area contributed by atoms with Gasteiger partial charge in [0.15, 0.2) is 0 Å². The molecule has 3 rings (SSSR count). The lowest BCUT2D eigenvalue weighted by atomic mass is 10.1. The van der Waals surface area contributed by atoms with E-state index in [1.807, 2.05) is 6.92 Å². The number of H-pyrrole nitrogens is 1. The molecule has 9 heteroatoms. The lowest BCUT2D eigenvalue weighted by Crippen LogP contribution is -2.35. The highest BCUT2D eigenvalue weighted by Crippen LogP contribution is 2.22. The van der Waals surface area contributed by atoms with Gasteiger partial charge in [-0.15, -0.1) is 5.10 Å². The number of fused-ring (bicyclic) bond motifs is 1. The zero-order valence-electron chi connectivity index (χ0n) is 13.6. The first-order valence-electron chi connectivity index (χ1n) is 7.80. The van der Waals surface area contributed by atoms with E-state index in [1.54, 1.807) is 24.3 Å². The Morgan fingerprint density at radius 1 is 1.24 bits per heavy atom. The number of rotatable bonds is 7. The van der Waals surface area contributed by atoms with Crippen LogP contribution in [0.2, 0.25) is 0 Å². The highest BCUT2D eigenvalue weighted by molar-refractivity contribution is 7.99. The molecular weight excluding hydrogens is 342 g/mol. The third-order valence-corrected chi connectivity index (χ3v) is 4.52. The van der Waals surface area contributed by atoms with Gasteiger partial charge >= 0.3 is 0 Å². The molecule has 0 fully saturated rings. The summed E-state index contributed by atoms with van der Waals surface area (Å²) < 4.78 is 0. The first kappa shape index (κ1) is 17.2. The first-order chi connectivity index (χ1) is 12.1. The Morgan fingerprint density at radius 3 is 2.52 bits per heavy atom. The number of aromatic nitrogens is 3. The van der Waals surface area contributed by atoms with Crippen molar-refractivity contribution in [3.05, 3.63) is 41.2 Å². The quantitative estimate of drug-likeness (QED) is 0.434. The van der Waals surface area contributed by atoms with E-state index in [9.17, 15) is 14.4 Å². The highest BCUT2D eigenvalue weighted by Gasteiger charge is 2.34. The number of imide groups is 1. The Morgan fingerprint density at radius 2 is 1.92 bits per heavy atom. The minimum atomic E-state index is -0.344. The van der Waals surface area contributed by atoms with Crippen molar-refractivity contribution < 1.29 is 14.4 Å². The smallest absolute Gasteiger partial charge is 0.261 e. The molecule has 0 saturated heterocycles. The Kier molecular flexibility index (Phi) is 5.13. The topological polar surface area (TPSA) is 108 Å². The monoisotopic (exact) mass is 359 g/mol. The molecule has 25 heavy (non-hydrogen) atoms. The van der Waals surface area contributed by atoms with Crippen LogP contribution in [-0.4, -0.2) is 56.6 Å². The molecule has 3 amide bonds. The molecule has 1 aliphatic heterocycles. The Labute approximate surface area is 148 Å². The average Bonchev–Trinajstić information content (AvgIpc) is 3.13. The number of aromatic amines is 1. The minimum absolute atomic E-state index is 0.0748. The van der Waals surface area contributed by atoms with E-state index in [1.165, 1.54) is 11.8 Å². The number of nitrogens with zero attached hydrogens (tertiary/aromatic N) is 3. The normalized spacial score (nSPS) is 13.2. The molecule has 8 nitrogen and oxygen atoms in total. The van der Waals surface area contributed by atoms with Crippen molar-refractivity contribution >= 4 is 29.5 Å². The van der Waals surface area contributed by atoms with Crippen LogP contribution in [0.5, 0.6) is 0 Å². The molecule has 0 aliphatic carbocycles. The zero-order chi connectivity index (χ0) is 17.8. The van der Waals surface area contributed by atoms with Gasteiger partial charge in [-0.05, 0) is 19.1 Å². The molecule has 0 radical (unpaired) electrons. The summed E-state index contributed by atoms with van der Waals surface area (Å²) in [6.07, 6.45) is 0.0793. The highest BCUT2D eigenvalue weighted by atomic mass is 32.2. The van der Waals surface area contributed by atoms with E-state index in [0.717, 1.165) is 10.7 Å². The molecule has 1 aromatic carbocycles. The molecule has 130 valence electrons. The molecule has 2 heterocycles. The van der Waals surface area contributed by atoms with Gasteiger partial charge in [-0.25, -0.2) is 4.98 Å². The summed E-state index contributed by atoms with van der Waals surface area (Å²) in [7, 11) is 0. The van der Waals surface area contributed by atoms with E-state index >= 15 is 0 Å². The third-order valence-electron chi connectivity index (χ3n) is 3.67. The van der Waals surface area contributed by atoms with Crippen molar-refractivity contribution in [3.63, 3.8) is 0 Å². The number of carbonyl (C=O) groups excluding carboxylic acids is 3. The fraction of sp³-hybridized carbons (Fsp3) is 0.312. The van der Waals surface area contributed by atoms with E-state index in [-0.39, 0.29) is 30.7 Å². The molecule has 0 atom stereocenters. The molecular formula is C16H17N5O3S. The van der Waals surface area contributed by atoms with Crippen LogP contribution in [0.25, 0.3) is 0 Å². The largest absolute Gasteiger partial charge is 0.355 e. The zero-order valence-corrected chi connectivity index (χ0v) is 14.4. The summed E-state index contributed by atoms with van der Waals surface area (Å²) in [6, 6.07) is 6.68. The molecule has 2 aromatic rings. The van der Waals surface area contributed by atoms with Crippen LogP contribution in [0.3, 0.4) is 0 Å². The molecule has 1 aliphatic rings. The minimum Gasteiger partial charge on any atom is -0.355 e. The van der Waals surface area contributed by atoms with Crippen molar-refractivity contribution in [2.24, 2.45) is 0 Å². The maximum absolute atomic E-state index is 12.2. The molecule has 0 saturated carbocycles. The van der Waals surface area contributed by atoms with Crippen LogP contribution in [0.15, 0.2) is 29.4 Å². The van der Waals surface area contributed by atoms with Crippen LogP contribution in [0.1, 0.15) is 33.0 Å². The van der Waals surface area contributed by atoms with Crippen molar-refractivity contribution in [1.29, 1.82) is 0 Å². The summed E-state index contributed by atoms with van der Waals surface area (Å²) in [5.74, 6) is 0.486. The van der Waals surface area contributed by atoms with E-state index in [2.05, 4.69) is 20.5 Å². The van der Waals surface area contributed by atoms with E-state index in [4.69, 9.17) is 0 Å². The van der Waals surface area contributed by atoms with Crippen molar-refractivity contribution in [1.82, 2.24) is 25.4 Å². The summed E-state index contributed by atoms with van der Waals surface area (Å²) >= 11 is 1.43. The van der Waals surface area contributed by atoms with Crippen molar-refractivity contribution in [3.8, 4) is 0 Å². The average molecular weight is 359 g/mol. The predicted octanol–water partition coefficient (Wildman–Crippen LogP) is 1.01. The number of amides is 3. The summed E-state index contributed by atoms with van der Waals surface area (Å²) in [6.45, 7) is 2.35. The molecule has 0 bridgehead atoms. The number of hydrogen-bond donors (Lipinski definition) is 2. The first-order valence-corrected chi connectivity index (χ1v) is 8.78. The molecule has 0 unspecified atom stereocenters.